The van der Waals surface area contributed by atoms with Crippen LogP contribution >= 0.6 is 23.2 Å². The van der Waals surface area contributed by atoms with Crippen LogP contribution in [0.25, 0.3) is 11.4 Å². The number of aromatic nitrogens is 2. The highest BCUT2D eigenvalue weighted by molar-refractivity contribution is 6.32. The van der Waals surface area contributed by atoms with E-state index in [0.717, 1.165) is 16.8 Å². The summed E-state index contributed by atoms with van der Waals surface area (Å²) < 4.78 is 10.5. The lowest BCUT2D eigenvalue weighted by Gasteiger charge is -2.12. The lowest BCUT2D eigenvalue weighted by molar-refractivity contribution is 0.355. The molecule has 112 valence electrons. The molecule has 0 aliphatic carbocycles. The Labute approximate surface area is 134 Å². The van der Waals surface area contributed by atoms with E-state index in [9.17, 15) is 0 Å². The summed E-state index contributed by atoms with van der Waals surface area (Å²) in [7, 11) is 3.10. The van der Waals surface area contributed by atoms with Gasteiger partial charge in [-0.15, -0.1) is 11.6 Å². The third-order valence-corrected chi connectivity index (χ3v) is 3.65. The van der Waals surface area contributed by atoms with Crippen LogP contribution in [0.5, 0.6) is 11.5 Å². The number of hydrogen-bond donors (Lipinski definition) is 0. The molecule has 6 heteroatoms. The first-order chi connectivity index (χ1) is 9.97. The summed E-state index contributed by atoms with van der Waals surface area (Å²) in [4.78, 5) is 8.84. The van der Waals surface area contributed by atoms with Crippen molar-refractivity contribution in [2.24, 2.45) is 0 Å². The third kappa shape index (κ3) is 3.22. The van der Waals surface area contributed by atoms with Crippen molar-refractivity contribution in [1.29, 1.82) is 0 Å². The normalized spacial score (nSPS) is 12.1. The maximum absolute atomic E-state index is 6.20. The van der Waals surface area contributed by atoms with Crippen molar-refractivity contribution in [1.82, 2.24) is 9.97 Å². The predicted molar refractivity (Wildman–Crippen MR) is 84.6 cm³/mol. The van der Waals surface area contributed by atoms with Crippen LogP contribution in [-0.2, 0) is 0 Å². The quantitative estimate of drug-likeness (QED) is 0.780. The van der Waals surface area contributed by atoms with Crippen LogP contribution in [0.15, 0.2) is 18.3 Å². The molecule has 2 aromatic rings. The number of alkyl halides is 1. The monoisotopic (exact) mass is 326 g/mol. The number of hydrogen-bond acceptors (Lipinski definition) is 4. The zero-order valence-electron chi connectivity index (χ0n) is 12.3. The summed E-state index contributed by atoms with van der Waals surface area (Å²) in [6.07, 6.45) is 1.74. The molecule has 4 nitrogen and oxygen atoms in total. The van der Waals surface area contributed by atoms with E-state index < -0.39 is 0 Å². The van der Waals surface area contributed by atoms with E-state index in [1.54, 1.807) is 32.5 Å². The van der Waals surface area contributed by atoms with Crippen molar-refractivity contribution >= 4 is 23.2 Å². The molecule has 21 heavy (non-hydrogen) atoms. The highest BCUT2D eigenvalue weighted by Gasteiger charge is 2.15. The SMILES string of the molecule is COc1cc(-c2ncc(C(C)Cl)c(C)n2)cc(Cl)c1OC. The van der Waals surface area contributed by atoms with Crippen molar-refractivity contribution in [3.8, 4) is 22.9 Å². The van der Waals surface area contributed by atoms with E-state index in [4.69, 9.17) is 32.7 Å². The van der Waals surface area contributed by atoms with Crippen LogP contribution in [0.3, 0.4) is 0 Å². The fraction of sp³-hybridized carbons (Fsp3) is 0.333. The maximum Gasteiger partial charge on any atom is 0.179 e. The van der Waals surface area contributed by atoms with E-state index in [1.807, 2.05) is 13.8 Å². The van der Waals surface area contributed by atoms with Crippen molar-refractivity contribution in [3.05, 3.63) is 34.6 Å². The third-order valence-electron chi connectivity index (χ3n) is 3.14. The number of ether oxygens (including phenoxy) is 2. The molecule has 1 aromatic heterocycles. The van der Waals surface area contributed by atoms with Gasteiger partial charge in [0.1, 0.15) is 0 Å². The second kappa shape index (κ2) is 6.50. The van der Waals surface area contributed by atoms with Gasteiger partial charge in [-0.05, 0) is 26.0 Å². The first kappa shape index (κ1) is 15.9. The number of benzene rings is 1. The molecule has 0 spiro atoms. The van der Waals surface area contributed by atoms with Crippen molar-refractivity contribution in [2.75, 3.05) is 14.2 Å². The summed E-state index contributed by atoms with van der Waals surface area (Å²) in [5.41, 5.74) is 2.51. The van der Waals surface area contributed by atoms with E-state index in [1.165, 1.54) is 0 Å². The van der Waals surface area contributed by atoms with Crippen molar-refractivity contribution < 1.29 is 9.47 Å². The molecule has 2 rings (SSSR count). The molecule has 0 amide bonds. The molecular formula is C15H16Cl2N2O2. The van der Waals surface area contributed by atoms with Gasteiger partial charge in [-0.25, -0.2) is 9.97 Å². The second-order valence-corrected chi connectivity index (χ2v) is 5.61. The maximum atomic E-state index is 6.20. The molecule has 0 fully saturated rings. The summed E-state index contributed by atoms with van der Waals surface area (Å²) >= 11 is 12.3. The van der Waals surface area contributed by atoms with E-state index in [2.05, 4.69) is 9.97 Å². The number of aryl methyl sites for hydroxylation is 1. The summed E-state index contributed by atoms with van der Waals surface area (Å²) in [6, 6.07) is 3.55. The first-order valence-corrected chi connectivity index (χ1v) is 7.18. The van der Waals surface area contributed by atoms with Crippen molar-refractivity contribution in [2.45, 2.75) is 19.2 Å². The highest BCUT2D eigenvalue weighted by atomic mass is 35.5. The summed E-state index contributed by atoms with van der Waals surface area (Å²) in [5.74, 6) is 1.60. The topological polar surface area (TPSA) is 44.2 Å². The Morgan fingerprint density at radius 3 is 2.43 bits per heavy atom. The number of rotatable bonds is 4. The first-order valence-electron chi connectivity index (χ1n) is 6.37. The molecule has 0 aliphatic rings. The van der Waals surface area contributed by atoms with Crippen LogP contribution in [-0.4, -0.2) is 24.2 Å². The molecule has 1 atom stereocenters. The van der Waals surface area contributed by atoms with Gasteiger partial charge in [0, 0.05) is 23.0 Å². The molecule has 0 bridgehead atoms. The summed E-state index contributed by atoms with van der Waals surface area (Å²) in [5, 5.41) is 0.316. The Morgan fingerprint density at radius 1 is 1.19 bits per heavy atom. The van der Waals surface area contributed by atoms with Crippen LogP contribution < -0.4 is 9.47 Å². The molecule has 0 N–H and O–H groups in total. The molecule has 0 radical (unpaired) electrons. The van der Waals surface area contributed by atoms with Crippen LogP contribution in [0, 0.1) is 6.92 Å². The van der Waals surface area contributed by atoms with Gasteiger partial charge in [-0.1, -0.05) is 11.6 Å². The van der Waals surface area contributed by atoms with Crippen LogP contribution in [0.2, 0.25) is 5.02 Å². The fourth-order valence-corrected chi connectivity index (χ4v) is 2.56. The van der Waals surface area contributed by atoms with E-state index >= 15 is 0 Å². The lowest BCUT2D eigenvalue weighted by atomic mass is 10.1. The average molecular weight is 327 g/mol. The van der Waals surface area contributed by atoms with E-state index in [-0.39, 0.29) is 5.38 Å². The molecule has 1 aromatic carbocycles. The number of halogens is 2. The second-order valence-electron chi connectivity index (χ2n) is 4.54. The average Bonchev–Trinajstić information content (AvgIpc) is 2.45. The Morgan fingerprint density at radius 2 is 1.90 bits per heavy atom. The largest absolute Gasteiger partial charge is 0.493 e. The zero-order chi connectivity index (χ0) is 15.6. The standard InChI is InChI=1S/C15H16Cl2N2O2/c1-8(16)11-7-18-15(19-9(11)2)10-5-12(17)14(21-4)13(6-10)20-3/h5-8H,1-4H3. The molecule has 0 saturated heterocycles. The van der Waals surface area contributed by atoms with Gasteiger partial charge in [-0.3, -0.25) is 0 Å². The predicted octanol–water partition coefficient (Wildman–Crippen LogP) is 4.42. The fourth-order valence-electron chi connectivity index (χ4n) is 2.05. The minimum absolute atomic E-state index is 0.131. The van der Waals surface area contributed by atoms with Gasteiger partial charge in [0.25, 0.3) is 0 Å². The Balaban J connectivity index is 2.52. The van der Waals surface area contributed by atoms with Gasteiger partial charge in [0.15, 0.2) is 17.3 Å². The smallest absolute Gasteiger partial charge is 0.179 e. The Kier molecular flexibility index (Phi) is 4.91. The van der Waals surface area contributed by atoms with E-state index in [0.29, 0.717) is 22.3 Å². The van der Waals surface area contributed by atoms with Gasteiger partial charge in [0.05, 0.1) is 24.6 Å². The van der Waals surface area contributed by atoms with Gasteiger partial charge in [0.2, 0.25) is 0 Å². The van der Waals surface area contributed by atoms with Crippen LogP contribution in [0.4, 0.5) is 0 Å². The lowest BCUT2D eigenvalue weighted by Crippen LogP contribution is -1.99. The molecule has 0 aliphatic heterocycles. The van der Waals surface area contributed by atoms with Gasteiger partial charge < -0.3 is 9.47 Å². The van der Waals surface area contributed by atoms with Crippen molar-refractivity contribution in [3.63, 3.8) is 0 Å². The molecule has 1 unspecified atom stereocenters. The molecule has 1 heterocycles. The minimum atomic E-state index is -0.131. The van der Waals surface area contributed by atoms with Crippen LogP contribution in [0.1, 0.15) is 23.6 Å². The zero-order valence-corrected chi connectivity index (χ0v) is 13.8. The van der Waals surface area contributed by atoms with Gasteiger partial charge in [-0.2, -0.15) is 0 Å². The minimum Gasteiger partial charge on any atom is -0.493 e. The summed E-state index contributed by atoms with van der Waals surface area (Å²) in [6.45, 7) is 3.79. The van der Waals surface area contributed by atoms with Gasteiger partial charge >= 0.3 is 0 Å². The molecule has 0 saturated carbocycles. The Hall–Kier alpha value is -1.52. The highest BCUT2D eigenvalue weighted by Crippen LogP contribution is 2.38. The Bertz CT molecular complexity index is 660. The number of methoxy groups -OCH3 is 2. The molecular weight excluding hydrogens is 311 g/mol. The number of nitrogens with zero attached hydrogens (tertiary/aromatic N) is 2.